The Morgan fingerprint density at radius 3 is 3.10 bits per heavy atom. The molecule has 1 aliphatic heterocycles. The number of rotatable bonds is 4. The quantitative estimate of drug-likeness (QED) is 0.430. The number of ether oxygens (including phenoxy) is 1. The molecule has 1 heterocycles. The molecule has 0 radical (unpaired) electrons. The summed E-state index contributed by atoms with van der Waals surface area (Å²) in [7, 11) is 0. The zero-order chi connectivity index (χ0) is 7.23. The molecule has 1 atom stereocenters. The molecule has 1 aliphatic rings. The van der Waals surface area contributed by atoms with E-state index in [4.69, 9.17) is 4.74 Å². The number of hydrogen-bond donors (Lipinski definition) is 0. The van der Waals surface area contributed by atoms with Crippen molar-refractivity contribution in [3.05, 3.63) is 12.7 Å². The van der Waals surface area contributed by atoms with Crippen molar-refractivity contribution in [1.29, 1.82) is 0 Å². The Morgan fingerprint density at radius 1 is 1.60 bits per heavy atom. The van der Waals surface area contributed by atoms with Gasteiger partial charge < -0.3 is 4.74 Å². The Bertz CT molecular complexity index is 92.9. The summed E-state index contributed by atoms with van der Waals surface area (Å²) >= 11 is 0. The van der Waals surface area contributed by atoms with Gasteiger partial charge in [0.1, 0.15) is 0 Å². The van der Waals surface area contributed by atoms with Crippen molar-refractivity contribution in [3.8, 4) is 0 Å². The van der Waals surface area contributed by atoms with Crippen LogP contribution in [0.3, 0.4) is 0 Å². The van der Waals surface area contributed by atoms with E-state index in [9.17, 15) is 0 Å². The number of hydrogen-bond acceptors (Lipinski definition) is 1. The second-order valence-corrected chi connectivity index (χ2v) is 2.85. The van der Waals surface area contributed by atoms with Gasteiger partial charge in [-0.05, 0) is 32.1 Å². The van der Waals surface area contributed by atoms with Gasteiger partial charge in [0.2, 0.25) is 0 Å². The fourth-order valence-electron chi connectivity index (χ4n) is 1.36. The van der Waals surface area contributed by atoms with Gasteiger partial charge in [-0.2, -0.15) is 0 Å². The maximum absolute atomic E-state index is 5.47. The molecule has 0 aromatic carbocycles. The fourth-order valence-corrected chi connectivity index (χ4v) is 1.36. The minimum atomic E-state index is 0.569. The Morgan fingerprint density at radius 2 is 2.50 bits per heavy atom. The molecule has 58 valence electrons. The molecule has 0 spiro atoms. The summed E-state index contributed by atoms with van der Waals surface area (Å²) in [6.07, 6.45) is 8.70. The van der Waals surface area contributed by atoms with Crippen LogP contribution in [0.25, 0.3) is 0 Å². The van der Waals surface area contributed by atoms with E-state index in [-0.39, 0.29) is 0 Å². The summed E-state index contributed by atoms with van der Waals surface area (Å²) in [5, 5.41) is 0. The monoisotopic (exact) mass is 140 g/mol. The van der Waals surface area contributed by atoms with E-state index < -0.39 is 0 Å². The van der Waals surface area contributed by atoms with Crippen LogP contribution in [0.2, 0.25) is 0 Å². The third kappa shape index (κ3) is 2.53. The van der Waals surface area contributed by atoms with Crippen LogP contribution in [0.15, 0.2) is 12.7 Å². The van der Waals surface area contributed by atoms with Crippen molar-refractivity contribution < 1.29 is 4.74 Å². The van der Waals surface area contributed by atoms with Crippen LogP contribution in [-0.2, 0) is 4.74 Å². The van der Waals surface area contributed by atoms with Gasteiger partial charge in [-0.3, -0.25) is 0 Å². The highest BCUT2D eigenvalue weighted by molar-refractivity contribution is 4.70. The smallest absolute Gasteiger partial charge is 0.0576 e. The molecule has 1 saturated heterocycles. The molecule has 0 saturated carbocycles. The minimum Gasteiger partial charge on any atom is -0.378 e. The molecule has 1 nitrogen and oxygen atoms in total. The molecule has 10 heavy (non-hydrogen) atoms. The molecule has 0 aromatic heterocycles. The van der Waals surface area contributed by atoms with E-state index in [1.54, 1.807) is 0 Å². The Kier molecular flexibility index (Phi) is 3.52. The average molecular weight is 140 g/mol. The maximum atomic E-state index is 5.47. The molecule has 0 amide bonds. The van der Waals surface area contributed by atoms with Crippen LogP contribution >= 0.6 is 0 Å². The first-order valence-corrected chi connectivity index (χ1v) is 4.16. The van der Waals surface area contributed by atoms with Crippen molar-refractivity contribution in [2.24, 2.45) is 0 Å². The lowest BCUT2D eigenvalue weighted by atomic mass is 10.1. The van der Waals surface area contributed by atoms with Gasteiger partial charge in [-0.1, -0.05) is 6.08 Å². The standard InChI is InChI=1S/C9H16O/c1-2-3-4-6-9-7-5-8-10-9/h2,9H,1,3-8H2. The van der Waals surface area contributed by atoms with Gasteiger partial charge in [0.05, 0.1) is 6.10 Å². The highest BCUT2D eigenvalue weighted by Crippen LogP contribution is 2.17. The van der Waals surface area contributed by atoms with Crippen molar-refractivity contribution in [2.45, 2.75) is 38.2 Å². The Labute approximate surface area is 63.1 Å². The maximum Gasteiger partial charge on any atom is 0.0576 e. The van der Waals surface area contributed by atoms with Gasteiger partial charge in [0, 0.05) is 6.61 Å². The lowest BCUT2D eigenvalue weighted by Gasteiger charge is -2.06. The van der Waals surface area contributed by atoms with E-state index in [1.807, 2.05) is 6.08 Å². The second-order valence-electron chi connectivity index (χ2n) is 2.85. The van der Waals surface area contributed by atoms with E-state index in [1.165, 1.54) is 25.7 Å². The lowest BCUT2D eigenvalue weighted by Crippen LogP contribution is -2.03. The molecule has 1 unspecified atom stereocenters. The Hall–Kier alpha value is -0.300. The van der Waals surface area contributed by atoms with Crippen LogP contribution < -0.4 is 0 Å². The van der Waals surface area contributed by atoms with Crippen LogP contribution in [0, 0.1) is 0 Å². The summed E-state index contributed by atoms with van der Waals surface area (Å²) in [6, 6.07) is 0. The zero-order valence-electron chi connectivity index (χ0n) is 6.51. The normalized spacial score (nSPS) is 25.0. The molecule has 0 aliphatic carbocycles. The van der Waals surface area contributed by atoms with E-state index in [0.29, 0.717) is 6.10 Å². The summed E-state index contributed by atoms with van der Waals surface area (Å²) in [5.74, 6) is 0. The summed E-state index contributed by atoms with van der Waals surface area (Å²) < 4.78 is 5.47. The first-order valence-electron chi connectivity index (χ1n) is 4.16. The van der Waals surface area contributed by atoms with Crippen molar-refractivity contribution in [2.75, 3.05) is 6.61 Å². The van der Waals surface area contributed by atoms with E-state index >= 15 is 0 Å². The molecule has 0 aromatic rings. The molecule has 1 heteroatoms. The number of allylic oxidation sites excluding steroid dienone is 1. The minimum absolute atomic E-state index is 0.569. The van der Waals surface area contributed by atoms with Crippen molar-refractivity contribution in [1.82, 2.24) is 0 Å². The number of unbranched alkanes of at least 4 members (excludes halogenated alkanes) is 1. The average Bonchev–Trinajstić information content (AvgIpc) is 2.41. The fraction of sp³-hybridized carbons (Fsp3) is 0.778. The highest BCUT2D eigenvalue weighted by Gasteiger charge is 2.13. The van der Waals surface area contributed by atoms with Gasteiger partial charge >= 0.3 is 0 Å². The molecular weight excluding hydrogens is 124 g/mol. The summed E-state index contributed by atoms with van der Waals surface area (Å²) in [4.78, 5) is 0. The van der Waals surface area contributed by atoms with E-state index in [2.05, 4.69) is 6.58 Å². The van der Waals surface area contributed by atoms with Crippen LogP contribution in [-0.4, -0.2) is 12.7 Å². The third-order valence-electron chi connectivity index (χ3n) is 1.96. The summed E-state index contributed by atoms with van der Waals surface area (Å²) in [5.41, 5.74) is 0. The highest BCUT2D eigenvalue weighted by atomic mass is 16.5. The van der Waals surface area contributed by atoms with E-state index in [0.717, 1.165) is 13.0 Å². The van der Waals surface area contributed by atoms with Crippen LogP contribution in [0.4, 0.5) is 0 Å². The van der Waals surface area contributed by atoms with Gasteiger partial charge in [-0.25, -0.2) is 0 Å². The largest absolute Gasteiger partial charge is 0.378 e. The first-order chi connectivity index (χ1) is 4.93. The molecule has 1 fully saturated rings. The second kappa shape index (κ2) is 4.51. The van der Waals surface area contributed by atoms with Gasteiger partial charge in [0.15, 0.2) is 0 Å². The first kappa shape index (κ1) is 7.80. The lowest BCUT2D eigenvalue weighted by molar-refractivity contribution is 0.103. The predicted molar refractivity (Wildman–Crippen MR) is 43.0 cm³/mol. The van der Waals surface area contributed by atoms with Crippen molar-refractivity contribution in [3.63, 3.8) is 0 Å². The zero-order valence-corrected chi connectivity index (χ0v) is 6.51. The van der Waals surface area contributed by atoms with Gasteiger partial charge in [-0.15, -0.1) is 6.58 Å². The van der Waals surface area contributed by atoms with Crippen molar-refractivity contribution >= 4 is 0 Å². The summed E-state index contributed by atoms with van der Waals surface area (Å²) in [6.45, 7) is 4.67. The molecule has 1 rings (SSSR count). The Balaban J connectivity index is 1.96. The van der Waals surface area contributed by atoms with Crippen LogP contribution in [0.1, 0.15) is 32.1 Å². The molecule has 0 bridgehead atoms. The van der Waals surface area contributed by atoms with Crippen LogP contribution in [0.5, 0.6) is 0 Å². The SMILES string of the molecule is C=CCCCC1CCCO1. The molecule has 0 N–H and O–H groups in total. The van der Waals surface area contributed by atoms with Gasteiger partial charge in [0.25, 0.3) is 0 Å². The predicted octanol–water partition coefficient (Wildman–Crippen LogP) is 2.52. The topological polar surface area (TPSA) is 9.23 Å². The third-order valence-corrected chi connectivity index (χ3v) is 1.96. The molecular formula is C9H16O.